The van der Waals surface area contributed by atoms with Gasteiger partial charge in [-0.05, 0) is 36.4 Å². The van der Waals surface area contributed by atoms with Gasteiger partial charge >= 0.3 is 11.9 Å². The largest absolute Gasteiger partial charge is 0.481 e. The number of aliphatic carboxylic acids is 1. The van der Waals surface area contributed by atoms with E-state index in [9.17, 15) is 19.2 Å². The van der Waals surface area contributed by atoms with Gasteiger partial charge in [-0.1, -0.05) is 12.1 Å². The summed E-state index contributed by atoms with van der Waals surface area (Å²) < 4.78 is 4.70. The lowest BCUT2D eigenvalue weighted by molar-refractivity contribution is -0.138. The Labute approximate surface area is 171 Å². The maximum absolute atomic E-state index is 12.2. The SMILES string of the molecule is COC(=O)c1ccccc1NC(=O)CSc1ccc(NC(=O)CCC(=O)O)cc1. The summed E-state index contributed by atoms with van der Waals surface area (Å²) in [6, 6.07) is 13.4. The zero-order chi connectivity index (χ0) is 21.2. The number of carboxylic acid groups (broad SMARTS) is 1. The number of amides is 2. The average molecular weight is 416 g/mol. The number of rotatable bonds is 9. The van der Waals surface area contributed by atoms with Crippen LogP contribution in [0.15, 0.2) is 53.4 Å². The fourth-order valence-electron chi connectivity index (χ4n) is 2.29. The summed E-state index contributed by atoms with van der Waals surface area (Å²) in [4.78, 5) is 46.8. The summed E-state index contributed by atoms with van der Waals surface area (Å²) in [5, 5.41) is 13.9. The fraction of sp³-hybridized carbons (Fsp3) is 0.200. The predicted octanol–water partition coefficient (Wildman–Crippen LogP) is 3.01. The van der Waals surface area contributed by atoms with Crippen LogP contribution in [0.25, 0.3) is 0 Å². The number of para-hydroxylation sites is 1. The third kappa shape index (κ3) is 7.30. The molecule has 0 aliphatic heterocycles. The van der Waals surface area contributed by atoms with Crippen molar-refractivity contribution in [3.63, 3.8) is 0 Å². The standard InChI is InChI=1S/C20H20N2O6S/c1-28-20(27)15-4-2-3-5-16(15)22-18(24)12-29-14-8-6-13(7-9-14)21-17(23)10-11-19(25)26/h2-9H,10-12H2,1H3,(H,21,23)(H,22,24)(H,25,26). The van der Waals surface area contributed by atoms with Gasteiger partial charge in [-0.2, -0.15) is 0 Å². The number of carbonyl (C=O) groups excluding carboxylic acids is 3. The zero-order valence-corrected chi connectivity index (χ0v) is 16.5. The summed E-state index contributed by atoms with van der Waals surface area (Å²) in [7, 11) is 1.27. The topological polar surface area (TPSA) is 122 Å². The number of methoxy groups -OCH3 is 1. The highest BCUT2D eigenvalue weighted by Gasteiger charge is 2.13. The molecule has 29 heavy (non-hydrogen) atoms. The van der Waals surface area contributed by atoms with E-state index in [1.165, 1.54) is 18.9 Å². The molecule has 2 aromatic carbocycles. The predicted molar refractivity (Wildman–Crippen MR) is 109 cm³/mol. The number of anilines is 2. The Kier molecular flexibility index (Phi) is 8.23. The maximum Gasteiger partial charge on any atom is 0.339 e. The van der Waals surface area contributed by atoms with Crippen LogP contribution in [0.1, 0.15) is 23.2 Å². The van der Waals surface area contributed by atoms with E-state index in [1.54, 1.807) is 48.5 Å². The minimum Gasteiger partial charge on any atom is -0.481 e. The fourth-order valence-corrected chi connectivity index (χ4v) is 2.99. The monoisotopic (exact) mass is 416 g/mol. The molecule has 0 heterocycles. The second-order valence-electron chi connectivity index (χ2n) is 5.84. The lowest BCUT2D eigenvalue weighted by Gasteiger charge is -2.10. The van der Waals surface area contributed by atoms with Crippen molar-refractivity contribution in [2.75, 3.05) is 23.5 Å². The number of hydrogen-bond donors (Lipinski definition) is 3. The molecule has 3 N–H and O–H groups in total. The van der Waals surface area contributed by atoms with Crippen molar-refractivity contribution in [1.82, 2.24) is 0 Å². The van der Waals surface area contributed by atoms with Crippen LogP contribution in [0.2, 0.25) is 0 Å². The van der Waals surface area contributed by atoms with Crippen LogP contribution in [-0.4, -0.2) is 41.7 Å². The van der Waals surface area contributed by atoms with Gasteiger partial charge in [0.2, 0.25) is 11.8 Å². The number of benzene rings is 2. The molecule has 0 aromatic heterocycles. The Balaban J connectivity index is 1.86. The van der Waals surface area contributed by atoms with E-state index in [-0.39, 0.29) is 36.0 Å². The van der Waals surface area contributed by atoms with E-state index < -0.39 is 11.9 Å². The number of esters is 1. The van der Waals surface area contributed by atoms with E-state index in [1.807, 2.05) is 0 Å². The van der Waals surface area contributed by atoms with E-state index >= 15 is 0 Å². The molecule has 152 valence electrons. The highest BCUT2D eigenvalue weighted by molar-refractivity contribution is 8.00. The highest BCUT2D eigenvalue weighted by atomic mass is 32.2. The van der Waals surface area contributed by atoms with Crippen molar-refractivity contribution in [3.05, 3.63) is 54.1 Å². The molecule has 0 aliphatic carbocycles. The molecule has 0 radical (unpaired) electrons. The van der Waals surface area contributed by atoms with Crippen molar-refractivity contribution in [3.8, 4) is 0 Å². The van der Waals surface area contributed by atoms with Gasteiger partial charge < -0.3 is 20.5 Å². The minimum absolute atomic E-state index is 0.0982. The number of thioether (sulfide) groups is 1. The molecule has 8 nitrogen and oxygen atoms in total. The third-order valence-corrected chi connectivity index (χ3v) is 4.69. The molecule has 0 bridgehead atoms. The van der Waals surface area contributed by atoms with Gasteiger partial charge in [-0.15, -0.1) is 11.8 Å². The lowest BCUT2D eigenvalue weighted by Crippen LogP contribution is -2.17. The van der Waals surface area contributed by atoms with E-state index in [2.05, 4.69) is 10.6 Å². The second-order valence-corrected chi connectivity index (χ2v) is 6.89. The van der Waals surface area contributed by atoms with E-state index in [4.69, 9.17) is 9.84 Å². The number of ether oxygens (including phenoxy) is 1. The van der Waals surface area contributed by atoms with E-state index in [0.717, 1.165) is 4.90 Å². The maximum atomic E-state index is 12.2. The smallest absolute Gasteiger partial charge is 0.339 e. The lowest BCUT2D eigenvalue weighted by atomic mass is 10.2. The van der Waals surface area contributed by atoms with Crippen LogP contribution in [0.5, 0.6) is 0 Å². The van der Waals surface area contributed by atoms with Crippen molar-refractivity contribution in [2.45, 2.75) is 17.7 Å². The van der Waals surface area contributed by atoms with Crippen molar-refractivity contribution in [1.29, 1.82) is 0 Å². The van der Waals surface area contributed by atoms with Crippen LogP contribution in [-0.2, 0) is 19.1 Å². The minimum atomic E-state index is -1.03. The summed E-state index contributed by atoms with van der Waals surface area (Å²) in [6.45, 7) is 0. The van der Waals surface area contributed by atoms with Gasteiger partial charge in [0.25, 0.3) is 0 Å². The molecular formula is C20H20N2O6S. The number of carboxylic acids is 1. The molecule has 9 heteroatoms. The van der Waals surface area contributed by atoms with Crippen LogP contribution in [0.4, 0.5) is 11.4 Å². The van der Waals surface area contributed by atoms with Gasteiger partial charge in [0.05, 0.1) is 30.5 Å². The van der Waals surface area contributed by atoms with Gasteiger partial charge in [-0.3, -0.25) is 14.4 Å². The molecule has 2 amide bonds. The third-order valence-electron chi connectivity index (χ3n) is 3.68. The van der Waals surface area contributed by atoms with Crippen LogP contribution >= 0.6 is 11.8 Å². The van der Waals surface area contributed by atoms with Crippen molar-refractivity contribution >= 4 is 46.9 Å². The van der Waals surface area contributed by atoms with Crippen LogP contribution in [0, 0.1) is 0 Å². The Hall–Kier alpha value is -3.33. The van der Waals surface area contributed by atoms with Crippen LogP contribution in [0.3, 0.4) is 0 Å². The Morgan fingerprint density at radius 3 is 2.28 bits per heavy atom. The Morgan fingerprint density at radius 2 is 1.62 bits per heavy atom. The molecule has 2 aromatic rings. The molecular weight excluding hydrogens is 396 g/mol. The first-order valence-electron chi connectivity index (χ1n) is 8.60. The number of hydrogen-bond acceptors (Lipinski definition) is 6. The summed E-state index contributed by atoms with van der Waals surface area (Å²) in [5.41, 5.74) is 1.20. The second kappa shape index (κ2) is 10.9. The average Bonchev–Trinajstić information content (AvgIpc) is 2.71. The van der Waals surface area contributed by atoms with E-state index in [0.29, 0.717) is 11.4 Å². The molecule has 0 atom stereocenters. The van der Waals surface area contributed by atoms with Gasteiger partial charge in [-0.25, -0.2) is 4.79 Å². The normalized spacial score (nSPS) is 10.1. The highest BCUT2D eigenvalue weighted by Crippen LogP contribution is 2.22. The van der Waals surface area contributed by atoms with Crippen molar-refractivity contribution < 1.29 is 29.0 Å². The summed E-state index contributed by atoms with van der Waals surface area (Å²) >= 11 is 1.29. The molecule has 2 rings (SSSR count). The number of carbonyl (C=O) groups is 4. The molecule has 0 saturated heterocycles. The first-order chi connectivity index (χ1) is 13.9. The summed E-state index contributed by atoms with van der Waals surface area (Å²) in [5.74, 6) is -2.09. The molecule has 0 fully saturated rings. The summed E-state index contributed by atoms with van der Waals surface area (Å²) in [6.07, 6.45) is -0.326. The number of nitrogens with one attached hydrogen (secondary N) is 2. The molecule has 0 spiro atoms. The Morgan fingerprint density at radius 1 is 0.931 bits per heavy atom. The van der Waals surface area contributed by atoms with Crippen molar-refractivity contribution in [2.24, 2.45) is 0 Å². The zero-order valence-electron chi connectivity index (χ0n) is 15.6. The molecule has 0 saturated carbocycles. The van der Waals surface area contributed by atoms with Gasteiger partial charge in [0, 0.05) is 17.0 Å². The molecule has 0 aliphatic rings. The first-order valence-corrected chi connectivity index (χ1v) is 9.59. The molecule has 0 unspecified atom stereocenters. The van der Waals surface area contributed by atoms with Gasteiger partial charge in [0.15, 0.2) is 0 Å². The Bertz CT molecular complexity index is 898. The quantitative estimate of drug-likeness (QED) is 0.424. The van der Waals surface area contributed by atoms with Gasteiger partial charge in [0.1, 0.15) is 0 Å². The first kappa shape index (κ1) is 22.0. The van der Waals surface area contributed by atoms with Crippen LogP contribution < -0.4 is 10.6 Å².